The first-order valence-corrected chi connectivity index (χ1v) is 10.4. The summed E-state index contributed by atoms with van der Waals surface area (Å²) >= 11 is 5.90. The van der Waals surface area contributed by atoms with Gasteiger partial charge in [-0.3, -0.25) is 0 Å². The van der Waals surface area contributed by atoms with Gasteiger partial charge in [0.25, 0.3) is 0 Å². The van der Waals surface area contributed by atoms with Gasteiger partial charge in [-0.05, 0) is 79.0 Å². The van der Waals surface area contributed by atoms with Crippen molar-refractivity contribution < 1.29 is 9.53 Å². The zero-order chi connectivity index (χ0) is 19.5. The van der Waals surface area contributed by atoms with Crippen LogP contribution in [0, 0.1) is 5.92 Å². The van der Waals surface area contributed by atoms with Crippen LogP contribution in [0.1, 0.15) is 61.6 Å². The second-order valence-electron chi connectivity index (χ2n) is 7.64. The van der Waals surface area contributed by atoms with Crippen molar-refractivity contribution in [2.45, 2.75) is 44.9 Å². The molecule has 0 radical (unpaired) electrons. The zero-order valence-corrected chi connectivity index (χ0v) is 16.8. The van der Waals surface area contributed by atoms with E-state index in [1.54, 1.807) is 18.2 Å². The molecule has 4 heteroatoms. The average Bonchev–Trinajstić information content (AvgIpc) is 3.10. The van der Waals surface area contributed by atoms with E-state index in [0.29, 0.717) is 22.5 Å². The summed E-state index contributed by atoms with van der Waals surface area (Å²) in [5, 5.41) is 0.656. The summed E-state index contributed by atoms with van der Waals surface area (Å²) in [6.07, 6.45) is 8.19. The summed E-state index contributed by atoms with van der Waals surface area (Å²) in [5.41, 5.74) is 3.37. The van der Waals surface area contributed by atoms with Gasteiger partial charge in [0.2, 0.25) is 5.90 Å². The number of ether oxygens (including phenoxy) is 1. The van der Waals surface area contributed by atoms with E-state index in [-0.39, 0.29) is 0 Å². The normalized spacial score (nSPS) is 23.6. The number of hydrogen-bond donors (Lipinski definition) is 0. The molecule has 0 amide bonds. The number of carbonyl (C=O) groups excluding carboxylic acids is 1. The van der Waals surface area contributed by atoms with Gasteiger partial charge >= 0.3 is 5.97 Å². The highest BCUT2D eigenvalue weighted by molar-refractivity contribution is 6.30. The van der Waals surface area contributed by atoms with Gasteiger partial charge in [0.15, 0.2) is 5.70 Å². The van der Waals surface area contributed by atoms with Gasteiger partial charge in [0.05, 0.1) is 0 Å². The average molecular weight is 394 g/mol. The highest BCUT2D eigenvalue weighted by Gasteiger charge is 2.25. The monoisotopic (exact) mass is 393 g/mol. The number of esters is 1. The Balaban J connectivity index is 1.48. The van der Waals surface area contributed by atoms with Crippen LogP contribution in [0.3, 0.4) is 0 Å². The van der Waals surface area contributed by atoms with Crippen LogP contribution in [0.15, 0.2) is 59.2 Å². The molecule has 0 aromatic heterocycles. The van der Waals surface area contributed by atoms with Gasteiger partial charge in [-0.1, -0.05) is 49.2 Å². The summed E-state index contributed by atoms with van der Waals surface area (Å²) in [4.78, 5) is 16.6. The molecule has 1 aliphatic heterocycles. The quantitative estimate of drug-likeness (QED) is 0.447. The van der Waals surface area contributed by atoms with Gasteiger partial charge in [-0.2, -0.15) is 0 Å². The molecule has 0 spiro atoms. The molecular formula is C24H24ClNO2. The molecule has 4 rings (SSSR count). The molecule has 1 saturated carbocycles. The summed E-state index contributed by atoms with van der Waals surface area (Å²) in [6.45, 7) is 2.29. The number of halogens is 1. The van der Waals surface area contributed by atoms with E-state index in [4.69, 9.17) is 16.3 Å². The second kappa shape index (κ2) is 8.32. The van der Waals surface area contributed by atoms with Crippen molar-refractivity contribution in [1.82, 2.24) is 0 Å². The molecule has 0 unspecified atom stereocenters. The maximum Gasteiger partial charge on any atom is 0.363 e. The van der Waals surface area contributed by atoms with Crippen molar-refractivity contribution in [1.29, 1.82) is 0 Å². The first-order valence-electron chi connectivity index (χ1n) is 10.0. The number of aliphatic imine (C=N–C) groups is 1. The van der Waals surface area contributed by atoms with Crippen LogP contribution < -0.4 is 0 Å². The highest BCUT2D eigenvalue weighted by atomic mass is 35.5. The van der Waals surface area contributed by atoms with Crippen LogP contribution >= 0.6 is 11.6 Å². The lowest BCUT2D eigenvalue weighted by Crippen LogP contribution is -2.13. The minimum atomic E-state index is -0.424. The molecule has 0 saturated heterocycles. The van der Waals surface area contributed by atoms with Crippen LogP contribution in [0.5, 0.6) is 0 Å². The number of nitrogens with zero attached hydrogens (tertiary/aromatic N) is 1. The minimum Gasteiger partial charge on any atom is -0.402 e. The fourth-order valence-electron chi connectivity index (χ4n) is 4.05. The van der Waals surface area contributed by atoms with E-state index in [0.717, 1.165) is 17.0 Å². The molecule has 3 nitrogen and oxygen atoms in total. The van der Waals surface area contributed by atoms with Crippen molar-refractivity contribution in [3.05, 3.63) is 75.9 Å². The second-order valence-corrected chi connectivity index (χ2v) is 8.07. The molecule has 0 atom stereocenters. The number of cyclic esters (lactones) is 1. The first kappa shape index (κ1) is 18.9. The van der Waals surface area contributed by atoms with Crippen molar-refractivity contribution >= 4 is 29.5 Å². The highest BCUT2D eigenvalue weighted by Crippen LogP contribution is 2.37. The Morgan fingerprint density at radius 3 is 2.36 bits per heavy atom. The fraction of sp³-hybridized carbons (Fsp3) is 0.333. The van der Waals surface area contributed by atoms with E-state index in [1.165, 1.54) is 37.7 Å². The predicted molar refractivity (Wildman–Crippen MR) is 113 cm³/mol. The lowest BCUT2D eigenvalue weighted by Gasteiger charge is -2.28. The number of benzene rings is 2. The third-order valence-corrected chi connectivity index (χ3v) is 6.10. The topological polar surface area (TPSA) is 38.7 Å². The number of carbonyl (C=O) groups is 1. The third kappa shape index (κ3) is 4.20. The Hall–Kier alpha value is -2.39. The predicted octanol–water partition coefficient (Wildman–Crippen LogP) is 6.37. The Bertz CT molecular complexity index is 905. The summed E-state index contributed by atoms with van der Waals surface area (Å²) < 4.78 is 5.39. The lowest BCUT2D eigenvalue weighted by atomic mass is 9.78. The Kier molecular flexibility index (Phi) is 5.63. The van der Waals surface area contributed by atoms with Gasteiger partial charge < -0.3 is 4.74 Å². The maximum absolute atomic E-state index is 12.2. The molecule has 2 aliphatic rings. The Labute approximate surface area is 171 Å². The Morgan fingerprint density at radius 1 is 1.04 bits per heavy atom. The molecule has 1 heterocycles. The van der Waals surface area contributed by atoms with E-state index >= 15 is 0 Å². The first-order chi connectivity index (χ1) is 13.6. The molecule has 144 valence electrons. The number of hydrogen-bond acceptors (Lipinski definition) is 3. The SMILES string of the molecule is CCC1CCC(c2ccc(C3=N/C(=C/c4ccc(Cl)cc4)C(=O)O3)cc2)CC1. The van der Waals surface area contributed by atoms with E-state index in [9.17, 15) is 4.79 Å². The van der Waals surface area contributed by atoms with E-state index in [2.05, 4.69) is 24.0 Å². The van der Waals surface area contributed by atoms with Crippen LogP contribution in [0.25, 0.3) is 6.08 Å². The molecule has 0 bridgehead atoms. The molecule has 2 aromatic rings. The van der Waals surface area contributed by atoms with Gasteiger partial charge in [-0.15, -0.1) is 0 Å². The van der Waals surface area contributed by atoms with Crippen LogP contribution in [0.2, 0.25) is 5.02 Å². The Morgan fingerprint density at radius 2 is 1.71 bits per heavy atom. The molecule has 28 heavy (non-hydrogen) atoms. The number of rotatable bonds is 4. The standard InChI is InChI=1S/C24H24ClNO2/c1-2-16-3-7-18(8-4-16)19-9-11-20(12-10-19)23-26-22(24(27)28-23)15-17-5-13-21(25)14-6-17/h5-6,9-16,18H,2-4,7-8H2,1H3/b22-15+. The molecule has 1 fully saturated rings. The molecule has 1 aliphatic carbocycles. The molecular weight excluding hydrogens is 370 g/mol. The smallest absolute Gasteiger partial charge is 0.363 e. The largest absolute Gasteiger partial charge is 0.402 e. The van der Waals surface area contributed by atoms with Crippen LogP contribution in [-0.4, -0.2) is 11.9 Å². The summed E-state index contributed by atoms with van der Waals surface area (Å²) in [7, 11) is 0. The third-order valence-electron chi connectivity index (χ3n) is 5.85. The van der Waals surface area contributed by atoms with Crippen LogP contribution in [-0.2, 0) is 9.53 Å². The van der Waals surface area contributed by atoms with Crippen molar-refractivity contribution in [2.75, 3.05) is 0 Å². The van der Waals surface area contributed by atoms with E-state index in [1.807, 2.05) is 24.3 Å². The van der Waals surface area contributed by atoms with Crippen molar-refractivity contribution in [3.8, 4) is 0 Å². The molecule has 0 N–H and O–H groups in total. The van der Waals surface area contributed by atoms with Gasteiger partial charge in [-0.25, -0.2) is 9.79 Å². The van der Waals surface area contributed by atoms with E-state index < -0.39 is 5.97 Å². The van der Waals surface area contributed by atoms with Gasteiger partial charge in [0, 0.05) is 10.6 Å². The van der Waals surface area contributed by atoms with Crippen molar-refractivity contribution in [3.63, 3.8) is 0 Å². The maximum atomic E-state index is 12.2. The molecule has 2 aromatic carbocycles. The zero-order valence-electron chi connectivity index (χ0n) is 16.0. The van der Waals surface area contributed by atoms with Gasteiger partial charge in [0.1, 0.15) is 0 Å². The summed E-state index contributed by atoms with van der Waals surface area (Å²) in [5.74, 6) is 1.48. The minimum absolute atomic E-state index is 0.305. The van der Waals surface area contributed by atoms with Crippen molar-refractivity contribution in [2.24, 2.45) is 10.9 Å². The van der Waals surface area contributed by atoms with Crippen LogP contribution in [0.4, 0.5) is 0 Å². The lowest BCUT2D eigenvalue weighted by molar-refractivity contribution is -0.129. The summed E-state index contributed by atoms with van der Waals surface area (Å²) in [6, 6.07) is 15.6. The fourth-order valence-corrected chi connectivity index (χ4v) is 4.18.